The van der Waals surface area contributed by atoms with Crippen molar-refractivity contribution in [1.82, 2.24) is 4.90 Å². The molecule has 20 heavy (non-hydrogen) atoms. The minimum atomic E-state index is -0.486. The van der Waals surface area contributed by atoms with Crippen molar-refractivity contribution in [3.63, 3.8) is 0 Å². The van der Waals surface area contributed by atoms with E-state index in [1.165, 1.54) is 11.0 Å². The number of hydrogen-bond acceptors (Lipinski definition) is 3. The summed E-state index contributed by atoms with van der Waals surface area (Å²) in [4.78, 5) is 14.0. The topological polar surface area (TPSA) is 60.8 Å². The van der Waals surface area contributed by atoms with Crippen LogP contribution in [0.25, 0.3) is 0 Å². The second-order valence-electron chi connectivity index (χ2n) is 4.92. The molecule has 2 N–H and O–H groups in total. The zero-order valence-corrected chi connectivity index (χ0v) is 13.0. The Balaban J connectivity index is 2.31. The van der Waals surface area contributed by atoms with E-state index < -0.39 is 12.0 Å². The highest BCUT2D eigenvalue weighted by molar-refractivity contribution is 6.45. The second kappa shape index (κ2) is 5.98. The first kappa shape index (κ1) is 15.7. The number of aliphatic hydroxyl groups excluding tert-OH is 1. The van der Waals surface area contributed by atoms with Crippen LogP contribution in [0, 0.1) is 5.92 Å². The third-order valence-corrected chi connectivity index (χ3v) is 4.63. The number of rotatable bonds is 2. The molecular weight excluding hydrogens is 325 g/mol. The number of aliphatic hydroxyl groups is 1. The number of aromatic hydroxyl groups is 1. The van der Waals surface area contributed by atoms with E-state index in [2.05, 4.69) is 0 Å². The van der Waals surface area contributed by atoms with E-state index in [9.17, 15) is 15.0 Å². The molecule has 0 aromatic heterocycles. The van der Waals surface area contributed by atoms with Gasteiger partial charge in [-0.2, -0.15) is 0 Å². The molecule has 2 rings (SSSR count). The Morgan fingerprint density at radius 2 is 2.05 bits per heavy atom. The average molecular weight is 339 g/mol. The maximum Gasteiger partial charge on any atom is 0.259 e. The number of carbonyl (C=O) groups excluding carboxylic acids is 1. The van der Waals surface area contributed by atoms with Gasteiger partial charge in [0.15, 0.2) is 0 Å². The number of hydrogen-bond donors (Lipinski definition) is 2. The predicted molar refractivity (Wildman–Crippen MR) is 78.8 cm³/mol. The van der Waals surface area contributed by atoms with Crippen LogP contribution in [-0.2, 0) is 0 Å². The fourth-order valence-corrected chi connectivity index (χ4v) is 2.99. The second-order valence-corrected chi connectivity index (χ2v) is 6.11. The molecule has 110 valence electrons. The number of halogens is 3. The molecule has 1 aromatic carbocycles. The van der Waals surface area contributed by atoms with Gasteiger partial charge in [0.05, 0.1) is 21.2 Å². The predicted octanol–water partition coefficient (Wildman–Crippen LogP) is 3.20. The van der Waals surface area contributed by atoms with Crippen molar-refractivity contribution in [3.8, 4) is 5.75 Å². The first-order valence-electron chi connectivity index (χ1n) is 6.16. The van der Waals surface area contributed by atoms with E-state index in [0.717, 1.165) is 0 Å². The number of nitrogens with zero attached hydrogens (tertiary/aromatic N) is 1. The first-order valence-corrected chi connectivity index (χ1v) is 7.30. The van der Waals surface area contributed by atoms with Gasteiger partial charge in [-0.1, -0.05) is 34.8 Å². The number of phenols is 1. The molecule has 1 aliphatic rings. The van der Waals surface area contributed by atoms with Gasteiger partial charge in [-0.3, -0.25) is 4.79 Å². The monoisotopic (exact) mass is 337 g/mol. The van der Waals surface area contributed by atoms with Crippen molar-refractivity contribution in [1.29, 1.82) is 0 Å². The van der Waals surface area contributed by atoms with Gasteiger partial charge in [-0.15, -0.1) is 0 Å². The molecule has 0 spiro atoms. The summed E-state index contributed by atoms with van der Waals surface area (Å²) in [5.74, 6) is -0.777. The Labute approximate surface area is 131 Å². The van der Waals surface area contributed by atoms with Gasteiger partial charge in [-0.25, -0.2) is 0 Å². The van der Waals surface area contributed by atoms with Gasteiger partial charge >= 0.3 is 0 Å². The molecule has 7 heteroatoms. The van der Waals surface area contributed by atoms with Crippen LogP contribution in [-0.4, -0.2) is 40.2 Å². The lowest BCUT2D eigenvalue weighted by atomic mass is 10.0. The van der Waals surface area contributed by atoms with E-state index >= 15 is 0 Å². The summed E-state index contributed by atoms with van der Waals surface area (Å²) in [6.45, 7) is 2.60. The average Bonchev–Trinajstić information content (AvgIpc) is 2.86. The molecule has 1 heterocycles. The zero-order valence-electron chi connectivity index (χ0n) is 10.7. The highest BCUT2D eigenvalue weighted by atomic mass is 35.5. The molecule has 4 nitrogen and oxygen atoms in total. The van der Waals surface area contributed by atoms with Crippen molar-refractivity contribution in [2.24, 2.45) is 5.92 Å². The molecule has 0 aliphatic carbocycles. The van der Waals surface area contributed by atoms with Gasteiger partial charge in [0.1, 0.15) is 11.3 Å². The molecule has 1 fully saturated rings. The third-order valence-electron chi connectivity index (χ3n) is 3.55. The fraction of sp³-hybridized carbons (Fsp3) is 0.462. The van der Waals surface area contributed by atoms with Gasteiger partial charge < -0.3 is 15.1 Å². The molecule has 1 saturated heterocycles. The molecule has 2 atom stereocenters. The highest BCUT2D eigenvalue weighted by Crippen LogP contribution is 2.39. The zero-order chi connectivity index (χ0) is 15.0. The summed E-state index contributed by atoms with van der Waals surface area (Å²) in [5, 5.41) is 19.6. The lowest BCUT2D eigenvalue weighted by Crippen LogP contribution is -2.30. The lowest BCUT2D eigenvalue weighted by Gasteiger charge is -2.19. The van der Waals surface area contributed by atoms with Crippen molar-refractivity contribution in [2.45, 2.75) is 19.4 Å². The number of carbonyl (C=O) groups is 1. The van der Waals surface area contributed by atoms with Gasteiger partial charge in [-0.05, 0) is 19.4 Å². The van der Waals surface area contributed by atoms with E-state index in [-0.39, 0.29) is 32.3 Å². The minimum absolute atomic E-state index is 0.0148. The summed E-state index contributed by atoms with van der Waals surface area (Å²) < 4.78 is 0. The number of phenolic OH excluding ortho intramolecular Hbond substituents is 1. The normalized spacial score (nSPS) is 20.2. The Kier molecular flexibility index (Phi) is 4.69. The largest absolute Gasteiger partial charge is 0.505 e. The number of likely N-dealkylation sites (tertiary alicyclic amines) is 1. The van der Waals surface area contributed by atoms with Gasteiger partial charge in [0, 0.05) is 19.0 Å². The third kappa shape index (κ3) is 2.84. The van der Waals surface area contributed by atoms with E-state index in [0.29, 0.717) is 19.5 Å². The van der Waals surface area contributed by atoms with Crippen LogP contribution in [0.5, 0.6) is 5.75 Å². The van der Waals surface area contributed by atoms with Crippen LogP contribution in [0.2, 0.25) is 15.1 Å². The molecular formula is C13H14Cl3NO3. The van der Waals surface area contributed by atoms with Crippen LogP contribution in [0.1, 0.15) is 23.7 Å². The minimum Gasteiger partial charge on any atom is -0.505 e. The SMILES string of the molecule is CC(O)C1CCN(C(=O)c2c(O)c(Cl)cc(Cl)c2Cl)C1. The van der Waals surface area contributed by atoms with Crippen LogP contribution < -0.4 is 0 Å². The summed E-state index contributed by atoms with van der Waals surface area (Å²) in [6, 6.07) is 1.29. The van der Waals surface area contributed by atoms with E-state index in [1.807, 2.05) is 0 Å². The Morgan fingerprint density at radius 1 is 1.40 bits per heavy atom. The number of benzene rings is 1. The Hall–Kier alpha value is -0.680. The van der Waals surface area contributed by atoms with Crippen LogP contribution in [0.15, 0.2) is 6.07 Å². The highest BCUT2D eigenvalue weighted by Gasteiger charge is 2.32. The maximum absolute atomic E-state index is 12.4. The maximum atomic E-state index is 12.4. The van der Waals surface area contributed by atoms with Gasteiger partial charge in [0.25, 0.3) is 5.91 Å². The van der Waals surface area contributed by atoms with Crippen LogP contribution >= 0.6 is 34.8 Å². The smallest absolute Gasteiger partial charge is 0.259 e. The van der Waals surface area contributed by atoms with Crippen molar-refractivity contribution in [2.75, 3.05) is 13.1 Å². The summed E-state index contributed by atoms with van der Waals surface area (Å²) in [7, 11) is 0. The fourth-order valence-electron chi connectivity index (χ4n) is 2.30. The molecule has 1 aliphatic heterocycles. The summed E-state index contributed by atoms with van der Waals surface area (Å²) in [5.41, 5.74) is -0.0876. The number of amides is 1. The Bertz CT molecular complexity index is 522. The van der Waals surface area contributed by atoms with Crippen molar-refractivity contribution < 1.29 is 15.0 Å². The van der Waals surface area contributed by atoms with Crippen LogP contribution in [0.3, 0.4) is 0 Å². The standard InChI is InChI=1S/C13H14Cl3NO3/c1-6(18)7-2-3-17(5-7)13(20)10-11(16)8(14)4-9(15)12(10)19/h4,6-7,18-19H,2-3,5H2,1H3. The van der Waals surface area contributed by atoms with E-state index in [1.54, 1.807) is 6.92 Å². The summed E-state index contributed by atoms with van der Waals surface area (Å²) >= 11 is 17.7. The van der Waals surface area contributed by atoms with Crippen molar-refractivity contribution in [3.05, 3.63) is 26.7 Å². The molecule has 0 saturated carbocycles. The van der Waals surface area contributed by atoms with E-state index in [4.69, 9.17) is 34.8 Å². The molecule has 2 unspecified atom stereocenters. The lowest BCUT2D eigenvalue weighted by molar-refractivity contribution is 0.0760. The van der Waals surface area contributed by atoms with Gasteiger partial charge in [0.2, 0.25) is 0 Å². The van der Waals surface area contributed by atoms with Crippen molar-refractivity contribution >= 4 is 40.7 Å². The van der Waals surface area contributed by atoms with Crippen LogP contribution in [0.4, 0.5) is 0 Å². The first-order chi connectivity index (χ1) is 9.32. The molecule has 1 amide bonds. The quantitative estimate of drug-likeness (QED) is 0.814. The molecule has 1 aromatic rings. The molecule has 0 bridgehead atoms. The molecule has 0 radical (unpaired) electrons. The summed E-state index contributed by atoms with van der Waals surface area (Å²) in [6.07, 6.45) is 0.218. The Morgan fingerprint density at radius 3 is 2.60 bits per heavy atom.